The van der Waals surface area contributed by atoms with E-state index in [9.17, 15) is 0 Å². The number of rotatable bonds is 4. The Kier molecular flexibility index (Phi) is 3.83. The molecule has 0 aliphatic carbocycles. The molecule has 3 nitrogen and oxygen atoms in total. The fraction of sp³-hybridized carbons (Fsp3) is 0.500. The van der Waals surface area contributed by atoms with E-state index in [4.69, 9.17) is 10.5 Å². The molecule has 3 heteroatoms. The predicted molar refractivity (Wildman–Crippen MR) is 65.5 cm³/mol. The first kappa shape index (κ1) is 11.7. The van der Waals surface area contributed by atoms with E-state index < -0.39 is 0 Å². The number of hydrogen-bond donors (Lipinski definition) is 1. The molecule has 1 aromatic carbocycles. The Balaban J connectivity index is 2.81. The van der Waals surface area contributed by atoms with E-state index in [2.05, 4.69) is 13.8 Å². The van der Waals surface area contributed by atoms with Crippen LogP contribution < -0.4 is 15.4 Å². The molecule has 0 bridgehead atoms. The predicted octanol–water partition coefficient (Wildman–Crippen LogP) is 2.37. The molecule has 0 aliphatic rings. The van der Waals surface area contributed by atoms with Gasteiger partial charge in [0.05, 0.1) is 12.3 Å². The van der Waals surface area contributed by atoms with E-state index >= 15 is 0 Å². The molecular formula is C12H20N2O. The van der Waals surface area contributed by atoms with E-state index in [0.29, 0.717) is 18.2 Å². The quantitative estimate of drug-likeness (QED) is 0.772. The Morgan fingerprint density at radius 2 is 2.00 bits per heavy atom. The number of nitrogen functional groups attached to an aromatic ring is 1. The molecule has 0 saturated carbocycles. The zero-order valence-electron chi connectivity index (χ0n) is 9.95. The van der Waals surface area contributed by atoms with Crippen LogP contribution in [0.25, 0.3) is 0 Å². The van der Waals surface area contributed by atoms with Crippen molar-refractivity contribution >= 4 is 11.4 Å². The van der Waals surface area contributed by atoms with Crippen LogP contribution in [-0.2, 0) is 0 Å². The van der Waals surface area contributed by atoms with Gasteiger partial charge in [0.1, 0.15) is 5.75 Å². The summed E-state index contributed by atoms with van der Waals surface area (Å²) in [4.78, 5) is 2.03. The summed E-state index contributed by atoms with van der Waals surface area (Å²) in [5.41, 5.74) is 7.63. The monoisotopic (exact) mass is 208 g/mol. The highest BCUT2D eigenvalue weighted by Gasteiger charge is 2.04. The molecule has 0 unspecified atom stereocenters. The van der Waals surface area contributed by atoms with Gasteiger partial charge in [-0.2, -0.15) is 0 Å². The molecular weight excluding hydrogens is 188 g/mol. The summed E-state index contributed by atoms with van der Waals surface area (Å²) in [5.74, 6) is 1.28. The van der Waals surface area contributed by atoms with Gasteiger partial charge in [-0.05, 0) is 18.1 Å². The van der Waals surface area contributed by atoms with E-state index in [1.807, 2.05) is 37.2 Å². The maximum Gasteiger partial charge on any atom is 0.144 e. The largest absolute Gasteiger partial charge is 0.491 e. The first-order chi connectivity index (χ1) is 7.00. The molecule has 0 fully saturated rings. The van der Waals surface area contributed by atoms with Crippen molar-refractivity contribution in [2.24, 2.45) is 5.92 Å². The average molecular weight is 208 g/mol. The maximum absolute atomic E-state index is 5.83. The fourth-order valence-electron chi connectivity index (χ4n) is 1.18. The van der Waals surface area contributed by atoms with Crippen molar-refractivity contribution in [1.29, 1.82) is 0 Å². The van der Waals surface area contributed by atoms with Gasteiger partial charge in [-0.15, -0.1) is 0 Å². The molecule has 1 aromatic rings. The number of benzene rings is 1. The highest BCUT2D eigenvalue weighted by atomic mass is 16.5. The second-order valence-electron chi connectivity index (χ2n) is 4.32. The van der Waals surface area contributed by atoms with Gasteiger partial charge in [0, 0.05) is 25.8 Å². The summed E-state index contributed by atoms with van der Waals surface area (Å²) in [6.07, 6.45) is 0. The summed E-state index contributed by atoms with van der Waals surface area (Å²) in [6, 6.07) is 5.83. The second-order valence-corrected chi connectivity index (χ2v) is 4.32. The Labute approximate surface area is 91.8 Å². The van der Waals surface area contributed by atoms with E-state index in [1.54, 1.807) is 0 Å². The van der Waals surface area contributed by atoms with E-state index in [0.717, 1.165) is 11.4 Å². The Hall–Kier alpha value is -1.38. The van der Waals surface area contributed by atoms with Crippen LogP contribution in [0.1, 0.15) is 13.8 Å². The summed E-state index contributed by atoms with van der Waals surface area (Å²) in [5, 5.41) is 0. The third-order valence-electron chi connectivity index (χ3n) is 2.09. The second kappa shape index (κ2) is 4.91. The van der Waals surface area contributed by atoms with Gasteiger partial charge in [-0.1, -0.05) is 13.8 Å². The van der Waals surface area contributed by atoms with Crippen LogP contribution in [0.4, 0.5) is 11.4 Å². The normalized spacial score (nSPS) is 10.5. The van der Waals surface area contributed by atoms with Crippen LogP contribution in [0.2, 0.25) is 0 Å². The van der Waals surface area contributed by atoms with E-state index in [-0.39, 0.29) is 0 Å². The number of hydrogen-bond acceptors (Lipinski definition) is 3. The SMILES string of the molecule is CC(C)COc1cc(N(C)C)ccc1N. The third kappa shape index (κ3) is 3.35. The van der Waals surface area contributed by atoms with Crippen LogP contribution in [0.5, 0.6) is 5.75 Å². The summed E-state index contributed by atoms with van der Waals surface area (Å²) < 4.78 is 5.64. The van der Waals surface area contributed by atoms with Crippen LogP contribution in [0, 0.1) is 5.92 Å². The molecule has 0 aliphatic heterocycles. The van der Waals surface area contributed by atoms with Gasteiger partial charge in [0.15, 0.2) is 0 Å². The van der Waals surface area contributed by atoms with Gasteiger partial charge < -0.3 is 15.4 Å². The summed E-state index contributed by atoms with van der Waals surface area (Å²) in [7, 11) is 4.00. The Morgan fingerprint density at radius 1 is 1.33 bits per heavy atom. The Bertz CT molecular complexity index is 321. The number of anilines is 2. The zero-order valence-corrected chi connectivity index (χ0v) is 9.95. The smallest absolute Gasteiger partial charge is 0.144 e. The van der Waals surface area contributed by atoms with Gasteiger partial charge in [0.2, 0.25) is 0 Å². The molecule has 0 radical (unpaired) electrons. The molecule has 0 spiro atoms. The molecule has 2 N–H and O–H groups in total. The molecule has 0 aromatic heterocycles. The topological polar surface area (TPSA) is 38.5 Å². The molecule has 0 atom stereocenters. The zero-order chi connectivity index (χ0) is 11.4. The molecule has 0 amide bonds. The lowest BCUT2D eigenvalue weighted by molar-refractivity contribution is 0.272. The number of ether oxygens (including phenoxy) is 1. The van der Waals surface area contributed by atoms with Crippen molar-refractivity contribution < 1.29 is 4.74 Å². The molecule has 84 valence electrons. The summed E-state index contributed by atoms with van der Waals surface area (Å²) >= 11 is 0. The van der Waals surface area contributed by atoms with E-state index in [1.165, 1.54) is 0 Å². The third-order valence-corrected chi connectivity index (χ3v) is 2.09. The van der Waals surface area contributed by atoms with Crippen LogP contribution in [0.15, 0.2) is 18.2 Å². The lowest BCUT2D eigenvalue weighted by Crippen LogP contribution is -2.10. The number of nitrogens with two attached hydrogens (primary N) is 1. The molecule has 0 saturated heterocycles. The minimum absolute atomic E-state index is 0.507. The Morgan fingerprint density at radius 3 is 2.53 bits per heavy atom. The van der Waals surface area contributed by atoms with Gasteiger partial charge >= 0.3 is 0 Å². The van der Waals surface area contributed by atoms with Crippen molar-refractivity contribution in [1.82, 2.24) is 0 Å². The maximum atomic E-state index is 5.83. The lowest BCUT2D eigenvalue weighted by Gasteiger charge is -2.16. The van der Waals surface area contributed by atoms with Crippen molar-refractivity contribution in [3.05, 3.63) is 18.2 Å². The first-order valence-corrected chi connectivity index (χ1v) is 5.20. The van der Waals surface area contributed by atoms with Crippen molar-refractivity contribution in [3.63, 3.8) is 0 Å². The van der Waals surface area contributed by atoms with Crippen molar-refractivity contribution in [2.75, 3.05) is 31.3 Å². The highest BCUT2D eigenvalue weighted by molar-refractivity contribution is 5.61. The number of nitrogens with zero attached hydrogens (tertiary/aromatic N) is 1. The highest BCUT2D eigenvalue weighted by Crippen LogP contribution is 2.27. The van der Waals surface area contributed by atoms with Gasteiger partial charge in [0.25, 0.3) is 0 Å². The fourth-order valence-corrected chi connectivity index (χ4v) is 1.18. The standard InChI is InChI=1S/C12H20N2O/c1-9(2)8-15-12-7-10(14(3)4)5-6-11(12)13/h5-7,9H,8,13H2,1-4H3. The van der Waals surface area contributed by atoms with Gasteiger partial charge in [-0.3, -0.25) is 0 Å². The van der Waals surface area contributed by atoms with Crippen LogP contribution in [-0.4, -0.2) is 20.7 Å². The summed E-state index contributed by atoms with van der Waals surface area (Å²) in [6.45, 7) is 4.93. The average Bonchev–Trinajstić information content (AvgIpc) is 2.16. The molecule has 1 rings (SSSR count). The van der Waals surface area contributed by atoms with Crippen LogP contribution >= 0.6 is 0 Å². The van der Waals surface area contributed by atoms with Crippen molar-refractivity contribution in [3.8, 4) is 5.75 Å². The lowest BCUT2D eigenvalue weighted by atomic mass is 10.2. The minimum atomic E-state index is 0.507. The molecule has 15 heavy (non-hydrogen) atoms. The van der Waals surface area contributed by atoms with Crippen LogP contribution in [0.3, 0.4) is 0 Å². The first-order valence-electron chi connectivity index (χ1n) is 5.20. The van der Waals surface area contributed by atoms with Crippen molar-refractivity contribution in [2.45, 2.75) is 13.8 Å². The molecule has 0 heterocycles. The minimum Gasteiger partial charge on any atom is -0.491 e. The van der Waals surface area contributed by atoms with Gasteiger partial charge in [-0.25, -0.2) is 0 Å².